The van der Waals surface area contributed by atoms with Crippen molar-refractivity contribution < 1.29 is 13.2 Å². The van der Waals surface area contributed by atoms with E-state index in [4.69, 9.17) is 0 Å². The summed E-state index contributed by atoms with van der Waals surface area (Å²) in [5.41, 5.74) is 0.759. The van der Waals surface area contributed by atoms with E-state index in [1.165, 1.54) is 28.9 Å². The van der Waals surface area contributed by atoms with Crippen LogP contribution in [0.25, 0.3) is 17.0 Å². The van der Waals surface area contributed by atoms with E-state index in [0.717, 1.165) is 25.9 Å². The van der Waals surface area contributed by atoms with Gasteiger partial charge in [-0.15, -0.1) is 0 Å². The SMILES string of the molecule is FCCN1CCC(n2cc(Nc3nc(-c4c(F)cccc4F)nc4ccnn34)cn2)CC1. The molecule has 1 aliphatic rings. The molecule has 1 fully saturated rings. The number of nitrogens with one attached hydrogen (secondary N) is 1. The lowest BCUT2D eigenvalue weighted by Crippen LogP contribution is -2.36. The lowest BCUT2D eigenvalue weighted by atomic mass is 10.1. The number of aromatic nitrogens is 6. The van der Waals surface area contributed by atoms with Crippen LogP contribution >= 0.6 is 0 Å². The highest BCUT2D eigenvalue weighted by Crippen LogP contribution is 2.27. The minimum absolute atomic E-state index is 0.0799. The van der Waals surface area contributed by atoms with Crippen LogP contribution in [0.15, 0.2) is 42.9 Å². The molecule has 0 unspecified atom stereocenters. The van der Waals surface area contributed by atoms with E-state index < -0.39 is 11.6 Å². The molecular weight excluding hydrogens is 421 g/mol. The zero-order valence-electron chi connectivity index (χ0n) is 17.1. The van der Waals surface area contributed by atoms with Crippen molar-refractivity contribution >= 4 is 17.3 Å². The van der Waals surface area contributed by atoms with E-state index >= 15 is 0 Å². The quantitative estimate of drug-likeness (QED) is 0.492. The maximum atomic E-state index is 14.3. The molecule has 1 aliphatic heterocycles. The number of hydrogen-bond acceptors (Lipinski definition) is 6. The molecule has 11 heteroatoms. The summed E-state index contributed by atoms with van der Waals surface area (Å²) in [4.78, 5) is 10.7. The Morgan fingerprint density at radius 2 is 1.81 bits per heavy atom. The van der Waals surface area contributed by atoms with Gasteiger partial charge in [-0.05, 0) is 25.0 Å². The van der Waals surface area contributed by atoms with Crippen molar-refractivity contribution in [1.82, 2.24) is 34.3 Å². The van der Waals surface area contributed by atoms with Crippen LogP contribution < -0.4 is 5.32 Å². The van der Waals surface area contributed by atoms with Crippen LogP contribution in [-0.2, 0) is 0 Å². The fourth-order valence-corrected chi connectivity index (χ4v) is 3.99. The fourth-order valence-electron chi connectivity index (χ4n) is 3.99. The Kier molecular flexibility index (Phi) is 5.48. The van der Waals surface area contributed by atoms with Gasteiger partial charge in [0.15, 0.2) is 11.5 Å². The number of benzene rings is 1. The van der Waals surface area contributed by atoms with Gasteiger partial charge in [0.1, 0.15) is 18.3 Å². The van der Waals surface area contributed by atoms with Crippen molar-refractivity contribution in [3.05, 3.63) is 54.5 Å². The van der Waals surface area contributed by atoms with Gasteiger partial charge in [0.2, 0.25) is 5.95 Å². The third-order valence-electron chi connectivity index (χ3n) is 5.63. The van der Waals surface area contributed by atoms with Crippen molar-refractivity contribution in [1.29, 1.82) is 0 Å². The number of piperidine rings is 1. The molecule has 4 aromatic rings. The summed E-state index contributed by atoms with van der Waals surface area (Å²) in [7, 11) is 0. The number of alkyl halides is 1. The standard InChI is InChI=1S/C21H21F3N8/c22-7-11-30-9-5-15(6-10-30)31-13-14(12-26-31)27-21-29-20(28-18-4-8-25-32(18)21)19-16(23)2-1-3-17(19)24/h1-4,8,12-13,15H,5-7,9-11H2,(H,27,28,29). The molecule has 1 saturated heterocycles. The second-order valence-electron chi connectivity index (χ2n) is 7.66. The zero-order valence-corrected chi connectivity index (χ0v) is 17.1. The van der Waals surface area contributed by atoms with Gasteiger partial charge in [0, 0.05) is 31.9 Å². The molecule has 5 rings (SSSR count). The van der Waals surface area contributed by atoms with Gasteiger partial charge in [-0.3, -0.25) is 4.68 Å². The molecule has 3 aromatic heterocycles. The fraction of sp³-hybridized carbons (Fsp3) is 0.333. The third kappa shape index (κ3) is 3.91. The Morgan fingerprint density at radius 1 is 1.03 bits per heavy atom. The monoisotopic (exact) mass is 442 g/mol. The van der Waals surface area contributed by atoms with Gasteiger partial charge >= 0.3 is 0 Å². The van der Waals surface area contributed by atoms with Crippen LogP contribution in [0.1, 0.15) is 18.9 Å². The summed E-state index contributed by atoms with van der Waals surface area (Å²) in [5.74, 6) is -1.31. The minimum Gasteiger partial charge on any atom is -0.321 e. The van der Waals surface area contributed by atoms with Crippen molar-refractivity contribution in [2.75, 3.05) is 31.6 Å². The molecule has 0 aliphatic carbocycles. The largest absolute Gasteiger partial charge is 0.321 e. The number of fused-ring (bicyclic) bond motifs is 1. The zero-order chi connectivity index (χ0) is 22.1. The Morgan fingerprint density at radius 3 is 2.56 bits per heavy atom. The normalized spacial score (nSPS) is 15.5. The van der Waals surface area contributed by atoms with E-state index in [1.54, 1.807) is 12.3 Å². The summed E-state index contributed by atoms with van der Waals surface area (Å²) in [6, 6.07) is 5.47. The Bertz CT molecular complexity index is 1210. The smallest absolute Gasteiger partial charge is 0.232 e. The first-order chi connectivity index (χ1) is 15.6. The van der Waals surface area contributed by atoms with Crippen LogP contribution in [0.3, 0.4) is 0 Å². The van der Waals surface area contributed by atoms with Gasteiger partial charge in [0.25, 0.3) is 0 Å². The summed E-state index contributed by atoms with van der Waals surface area (Å²) in [5, 5.41) is 11.8. The van der Waals surface area contributed by atoms with E-state index in [-0.39, 0.29) is 30.1 Å². The molecule has 0 amide bonds. The van der Waals surface area contributed by atoms with Crippen LogP contribution in [0.5, 0.6) is 0 Å². The minimum atomic E-state index is -0.744. The summed E-state index contributed by atoms with van der Waals surface area (Å²) in [6.07, 6.45) is 6.82. The van der Waals surface area contributed by atoms with Crippen LogP contribution in [-0.4, -0.2) is 60.6 Å². The Hall–Kier alpha value is -3.47. The summed E-state index contributed by atoms with van der Waals surface area (Å²) in [6.45, 7) is 1.79. The first-order valence-corrected chi connectivity index (χ1v) is 10.4. The molecule has 4 heterocycles. The van der Waals surface area contributed by atoms with Crippen molar-refractivity contribution in [2.24, 2.45) is 0 Å². The lowest BCUT2D eigenvalue weighted by molar-refractivity contribution is 0.169. The van der Waals surface area contributed by atoms with E-state index in [0.29, 0.717) is 17.9 Å². The predicted octanol–water partition coefficient (Wildman–Crippen LogP) is 3.62. The van der Waals surface area contributed by atoms with Gasteiger partial charge < -0.3 is 10.2 Å². The highest BCUT2D eigenvalue weighted by atomic mass is 19.1. The first kappa shape index (κ1) is 20.4. The van der Waals surface area contributed by atoms with Gasteiger partial charge in [-0.1, -0.05) is 6.07 Å². The Balaban J connectivity index is 1.41. The molecule has 0 spiro atoms. The molecular formula is C21H21F3N8. The van der Waals surface area contributed by atoms with Crippen molar-refractivity contribution in [3.63, 3.8) is 0 Å². The highest BCUT2D eigenvalue weighted by molar-refractivity contribution is 5.63. The maximum Gasteiger partial charge on any atom is 0.232 e. The van der Waals surface area contributed by atoms with Crippen LogP contribution in [0.4, 0.5) is 24.8 Å². The summed E-state index contributed by atoms with van der Waals surface area (Å²) < 4.78 is 44.5. The van der Waals surface area contributed by atoms with Crippen molar-refractivity contribution in [2.45, 2.75) is 18.9 Å². The molecule has 8 nitrogen and oxygen atoms in total. The van der Waals surface area contributed by atoms with E-state index in [9.17, 15) is 13.2 Å². The van der Waals surface area contributed by atoms with E-state index in [1.807, 2.05) is 10.9 Å². The highest BCUT2D eigenvalue weighted by Gasteiger charge is 2.22. The van der Waals surface area contributed by atoms with Gasteiger partial charge in [0.05, 0.1) is 29.7 Å². The first-order valence-electron chi connectivity index (χ1n) is 10.4. The number of hydrogen-bond donors (Lipinski definition) is 1. The second kappa shape index (κ2) is 8.58. The molecule has 32 heavy (non-hydrogen) atoms. The number of halogens is 3. The third-order valence-corrected chi connectivity index (χ3v) is 5.63. The average molecular weight is 442 g/mol. The lowest BCUT2D eigenvalue weighted by Gasteiger charge is -2.31. The number of likely N-dealkylation sites (tertiary alicyclic amines) is 1. The maximum absolute atomic E-state index is 14.3. The molecule has 166 valence electrons. The van der Waals surface area contributed by atoms with Gasteiger partial charge in [-0.25, -0.2) is 18.2 Å². The summed E-state index contributed by atoms with van der Waals surface area (Å²) >= 11 is 0. The molecule has 0 bridgehead atoms. The number of rotatable bonds is 6. The van der Waals surface area contributed by atoms with Crippen molar-refractivity contribution in [3.8, 4) is 11.4 Å². The predicted molar refractivity (Wildman–Crippen MR) is 112 cm³/mol. The van der Waals surface area contributed by atoms with Crippen LogP contribution in [0, 0.1) is 11.6 Å². The topological polar surface area (TPSA) is 76.2 Å². The molecule has 0 saturated carbocycles. The molecule has 1 aromatic carbocycles. The number of anilines is 2. The molecule has 1 N–H and O–H groups in total. The molecule has 0 radical (unpaired) electrons. The Labute approximate surface area is 181 Å². The van der Waals surface area contributed by atoms with Gasteiger partial charge in [-0.2, -0.15) is 19.7 Å². The number of nitrogens with zero attached hydrogens (tertiary/aromatic N) is 7. The molecule has 0 atom stereocenters. The van der Waals surface area contributed by atoms with Crippen LogP contribution in [0.2, 0.25) is 0 Å². The van der Waals surface area contributed by atoms with E-state index in [2.05, 4.69) is 30.4 Å². The second-order valence-corrected chi connectivity index (χ2v) is 7.66. The average Bonchev–Trinajstić information content (AvgIpc) is 3.44.